The SMILES string of the molecule is CC1(C)C2C(=O)[C@@H]3O[C@]3(C)[C@H](CO)[C@@]2(C)CC[C@@H]1O. The molecule has 0 aromatic heterocycles. The van der Waals surface area contributed by atoms with Gasteiger partial charge in [0.2, 0.25) is 0 Å². The van der Waals surface area contributed by atoms with Crippen LogP contribution < -0.4 is 0 Å². The third-order valence-electron chi connectivity index (χ3n) is 6.27. The lowest BCUT2D eigenvalue weighted by molar-refractivity contribution is -0.166. The minimum atomic E-state index is -0.491. The lowest BCUT2D eigenvalue weighted by atomic mass is 9.45. The summed E-state index contributed by atoms with van der Waals surface area (Å²) in [6, 6.07) is 0. The van der Waals surface area contributed by atoms with Gasteiger partial charge in [0.1, 0.15) is 11.7 Å². The van der Waals surface area contributed by atoms with Gasteiger partial charge in [0, 0.05) is 23.9 Å². The minimum absolute atomic E-state index is 0.0283. The fourth-order valence-corrected chi connectivity index (χ4v) is 5.09. The van der Waals surface area contributed by atoms with Gasteiger partial charge in [0.25, 0.3) is 0 Å². The van der Waals surface area contributed by atoms with Crippen LogP contribution in [0.1, 0.15) is 40.5 Å². The van der Waals surface area contributed by atoms with Crippen LogP contribution in [0.2, 0.25) is 0 Å². The maximum Gasteiger partial charge on any atom is 0.168 e. The summed E-state index contributed by atoms with van der Waals surface area (Å²) in [7, 11) is 0. The molecule has 0 spiro atoms. The van der Waals surface area contributed by atoms with Crippen LogP contribution in [0.25, 0.3) is 0 Å². The number of aliphatic hydroxyl groups is 2. The van der Waals surface area contributed by atoms with Crippen LogP contribution in [0.15, 0.2) is 0 Å². The molecule has 6 atom stereocenters. The van der Waals surface area contributed by atoms with Crippen molar-refractivity contribution in [3.05, 3.63) is 0 Å². The highest BCUT2D eigenvalue weighted by Crippen LogP contribution is 2.66. The maximum atomic E-state index is 12.7. The molecule has 1 saturated heterocycles. The van der Waals surface area contributed by atoms with Crippen LogP contribution in [0.3, 0.4) is 0 Å². The van der Waals surface area contributed by atoms with E-state index in [1.54, 1.807) is 0 Å². The Morgan fingerprint density at radius 3 is 2.53 bits per heavy atom. The standard InChI is InChI=1S/C15H24O4/c1-13(2)9(17)5-6-14(3)8(7-16)15(4)12(19-15)10(18)11(13)14/h8-9,11-12,16-17H,5-7H2,1-4H3/t8-,9+,11?,12+,14-,15-/m1/s1. The number of rotatable bonds is 1. The molecule has 1 unspecified atom stereocenters. The van der Waals surface area contributed by atoms with Crippen LogP contribution >= 0.6 is 0 Å². The first-order chi connectivity index (χ1) is 8.69. The third-order valence-corrected chi connectivity index (χ3v) is 6.27. The zero-order valence-electron chi connectivity index (χ0n) is 12.1. The summed E-state index contributed by atoms with van der Waals surface area (Å²) in [5.74, 6) is -0.139. The summed E-state index contributed by atoms with van der Waals surface area (Å²) in [5, 5.41) is 20.1. The number of Topliss-reactive ketones (excluding diaryl/α,β-unsaturated/α-hetero) is 1. The van der Waals surface area contributed by atoms with Crippen molar-refractivity contribution in [3.8, 4) is 0 Å². The molecule has 4 heteroatoms. The normalized spacial score (nSPS) is 55.4. The van der Waals surface area contributed by atoms with E-state index in [-0.39, 0.29) is 35.7 Å². The molecule has 0 aromatic carbocycles. The molecule has 1 heterocycles. The average molecular weight is 268 g/mol. The Morgan fingerprint density at radius 1 is 1.32 bits per heavy atom. The number of ketones is 1. The van der Waals surface area contributed by atoms with Crippen molar-refractivity contribution in [3.63, 3.8) is 0 Å². The van der Waals surface area contributed by atoms with Crippen molar-refractivity contribution in [2.45, 2.75) is 58.3 Å². The number of aliphatic hydroxyl groups excluding tert-OH is 2. The van der Waals surface area contributed by atoms with E-state index < -0.39 is 17.1 Å². The van der Waals surface area contributed by atoms with E-state index in [1.807, 2.05) is 20.8 Å². The van der Waals surface area contributed by atoms with E-state index in [0.717, 1.165) is 6.42 Å². The second kappa shape index (κ2) is 3.60. The van der Waals surface area contributed by atoms with E-state index in [1.165, 1.54) is 0 Å². The molecule has 19 heavy (non-hydrogen) atoms. The first-order valence-electron chi connectivity index (χ1n) is 7.20. The smallest absolute Gasteiger partial charge is 0.168 e. The Hall–Kier alpha value is -0.450. The van der Waals surface area contributed by atoms with E-state index in [4.69, 9.17) is 4.74 Å². The van der Waals surface area contributed by atoms with Crippen molar-refractivity contribution in [2.24, 2.45) is 22.7 Å². The second-order valence-corrected chi connectivity index (χ2v) is 7.63. The Morgan fingerprint density at radius 2 is 1.95 bits per heavy atom. The summed E-state index contributed by atoms with van der Waals surface area (Å²) in [4.78, 5) is 12.7. The summed E-state index contributed by atoms with van der Waals surface area (Å²) >= 11 is 0. The molecule has 0 amide bonds. The largest absolute Gasteiger partial charge is 0.396 e. The molecule has 0 radical (unpaired) electrons. The highest BCUT2D eigenvalue weighted by Gasteiger charge is 2.75. The Labute approximate surface area is 114 Å². The summed E-state index contributed by atoms with van der Waals surface area (Å²) in [6.45, 7) is 8.01. The van der Waals surface area contributed by atoms with Gasteiger partial charge in [-0.2, -0.15) is 0 Å². The predicted molar refractivity (Wildman–Crippen MR) is 69.5 cm³/mol. The molecule has 108 valence electrons. The number of hydrogen-bond acceptors (Lipinski definition) is 4. The van der Waals surface area contributed by atoms with Crippen molar-refractivity contribution >= 4 is 5.78 Å². The predicted octanol–water partition coefficient (Wildman–Crippen LogP) is 1.14. The fraction of sp³-hybridized carbons (Fsp3) is 0.933. The molecule has 3 aliphatic rings. The third kappa shape index (κ3) is 1.43. The van der Waals surface area contributed by atoms with Crippen molar-refractivity contribution in [1.82, 2.24) is 0 Å². The topological polar surface area (TPSA) is 70.1 Å². The summed E-state index contributed by atoms with van der Waals surface area (Å²) in [5.41, 5.74) is -1.23. The second-order valence-electron chi connectivity index (χ2n) is 7.63. The van der Waals surface area contributed by atoms with Gasteiger partial charge in [-0.3, -0.25) is 4.79 Å². The van der Waals surface area contributed by atoms with Crippen LogP contribution in [0.4, 0.5) is 0 Å². The fourth-order valence-electron chi connectivity index (χ4n) is 5.09. The van der Waals surface area contributed by atoms with Crippen molar-refractivity contribution in [2.75, 3.05) is 6.61 Å². The molecular weight excluding hydrogens is 244 g/mol. The first kappa shape index (κ1) is 13.5. The highest BCUT2D eigenvalue weighted by atomic mass is 16.6. The van der Waals surface area contributed by atoms with Gasteiger partial charge in [-0.05, 0) is 25.2 Å². The lowest BCUT2D eigenvalue weighted by Gasteiger charge is -2.57. The van der Waals surface area contributed by atoms with E-state index in [0.29, 0.717) is 6.42 Å². The molecule has 3 rings (SSSR count). The summed E-state index contributed by atoms with van der Waals surface area (Å²) in [6.07, 6.45) is 0.611. The molecule has 4 nitrogen and oxygen atoms in total. The summed E-state index contributed by atoms with van der Waals surface area (Å²) < 4.78 is 5.68. The molecular formula is C15H24O4. The van der Waals surface area contributed by atoms with Crippen LogP contribution in [0, 0.1) is 22.7 Å². The van der Waals surface area contributed by atoms with Gasteiger partial charge in [0.15, 0.2) is 5.78 Å². The van der Waals surface area contributed by atoms with Gasteiger partial charge in [-0.25, -0.2) is 0 Å². The Kier molecular flexibility index (Phi) is 2.56. The molecule has 3 fully saturated rings. The Balaban J connectivity index is 2.09. The molecule has 2 aliphatic carbocycles. The first-order valence-corrected chi connectivity index (χ1v) is 7.20. The number of epoxide rings is 1. The molecule has 1 aliphatic heterocycles. The van der Waals surface area contributed by atoms with Crippen LogP contribution in [-0.4, -0.2) is 40.4 Å². The van der Waals surface area contributed by atoms with Gasteiger partial charge < -0.3 is 14.9 Å². The number of ether oxygens (including phenoxy) is 1. The zero-order chi connectivity index (χ0) is 14.2. The maximum absolute atomic E-state index is 12.7. The number of fused-ring (bicyclic) bond motifs is 2. The Bertz CT molecular complexity index is 432. The minimum Gasteiger partial charge on any atom is -0.396 e. The van der Waals surface area contributed by atoms with Crippen LogP contribution in [0.5, 0.6) is 0 Å². The number of hydrogen-bond donors (Lipinski definition) is 2. The zero-order valence-corrected chi connectivity index (χ0v) is 12.1. The molecule has 0 bridgehead atoms. The van der Waals surface area contributed by atoms with E-state index in [9.17, 15) is 15.0 Å². The van der Waals surface area contributed by atoms with Gasteiger partial charge in [-0.15, -0.1) is 0 Å². The highest BCUT2D eigenvalue weighted by molar-refractivity contribution is 5.92. The van der Waals surface area contributed by atoms with Crippen molar-refractivity contribution < 1.29 is 19.7 Å². The van der Waals surface area contributed by atoms with Crippen LogP contribution in [-0.2, 0) is 9.53 Å². The van der Waals surface area contributed by atoms with Crippen molar-refractivity contribution in [1.29, 1.82) is 0 Å². The molecule has 2 N–H and O–H groups in total. The lowest BCUT2D eigenvalue weighted by Crippen LogP contribution is -2.62. The number of carbonyl (C=O) groups is 1. The average Bonchev–Trinajstić information content (AvgIpc) is 2.98. The van der Waals surface area contributed by atoms with E-state index >= 15 is 0 Å². The molecule has 2 saturated carbocycles. The van der Waals surface area contributed by atoms with Gasteiger partial charge in [-0.1, -0.05) is 20.8 Å². The molecule has 0 aromatic rings. The quantitative estimate of drug-likeness (QED) is 0.700. The van der Waals surface area contributed by atoms with Gasteiger partial charge >= 0.3 is 0 Å². The monoisotopic (exact) mass is 268 g/mol. The number of carbonyl (C=O) groups excluding carboxylic acids is 1. The van der Waals surface area contributed by atoms with Gasteiger partial charge in [0.05, 0.1) is 6.10 Å². The van der Waals surface area contributed by atoms with E-state index in [2.05, 4.69) is 6.92 Å².